The zero-order valence-corrected chi connectivity index (χ0v) is 13.1. The van der Waals surface area contributed by atoms with Crippen molar-refractivity contribution in [3.8, 4) is 0 Å². The molecule has 2 aromatic carbocycles. The van der Waals surface area contributed by atoms with Gasteiger partial charge in [0, 0.05) is 23.7 Å². The Hall–Kier alpha value is -2.40. The lowest BCUT2D eigenvalue weighted by molar-refractivity contribution is -0.120. The average Bonchev–Trinajstić information content (AvgIpc) is 2.54. The molecule has 0 spiro atoms. The van der Waals surface area contributed by atoms with E-state index in [1.165, 1.54) is 12.1 Å². The molecule has 4 nitrogen and oxygen atoms in total. The molecule has 0 radical (unpaired) electrons. The van der Waals surface area contributed by atoms with Crippen molar-refractivity contribution in [3.63, 3.8) is 0 Å². The maximum atomic E-state index is 12.8. The van der Waals surface area contributed by atoms with Gasteiger partial charge < -0.3 is 10.6 Å². The van der Waals surface area contributed by atoms with Gasteiger partial charge >= 0.3 is 0 Å². The highest BCUT2D eigenvalue weighted by molar-refractivity contribution is 6.30. The van der Waals surface area contributed by atoms with Gasteiger partial charge in [-0.2, -0.15) is 0 Å². The van der Waals surface area contributed by atoms with Crippen LogP contribution in [0.3, 0.4) is 0 Å². The van der Waals surface area contributed by atoms with Crippen molar-refractivity contribution in [3.05, 3.63) is 70.5 Å². The maximum Gasteiger partial charge on any atom is 0.251 e. The van der Waals surface area contributed by atoms with Crippen LogP contribution in [0.25, 0.3) is 0 Å². The zero-order valence-electron chi connectivity index (χ0n) is 12.3. The molecular formula is C17H16ClFN2O2. The van der Waals surface area contributed by atoms with Gasteiger partial charge in [-0.25, -0.2) is 4.39 Å². The first-order valence-electron chi connectivity index (χ1n) is 7.09. The van der Waals surface area contributed by atoms with Gasteiger partial charge in [0.1, 0.15) is 5.82 Å². The van der Waals surface area contributed by atoms with Crippen molar-refractivity contribution in [1.82, 2.24) is 10.6 Å². The molecule has 6 heteroatoms. The van der Waals surface area contributed by atoms with E-state index in [1.54, 1.807) is 36.4 Å². The number of hydrogen-bond acceptors (Lipinski definition) is 2. The van der Waals surface area contributed by atoms with Gasteiger partial charge in [-0.1, -0.05) is 23.7 Å². The largest absolute Gasteiger partial charge is 0.354 e. The molecule has 0 saturated carbocycles. The first-order chi connectivity index (χ1) is 11.0. The fourth-order valence-corrected chi connectivity index (χ4v) is 2.06. The molecule has 120 valence electrons. The summed E-state index contributed by atoms with van der Waals surface area (Å²) >= 11 is 5.75. The number of carbonyl (C=O) groups is 2. The first kappa shape index (κ1) is 17.0. The highest BCUT2D eigenvalue weighted by Gasteiger charge is 2.06. The van der Waals surface area contributed by atoms with Gasteiger partial charge in [0.25, 0.3) is 5.91 Å². The molecule has 0 heterocycles. The summed E-state index contributed by atoms with van der Waals surface area (Å²) in [7, 11) is 0. The number of carbonyl (C=O) groups excluding carboxylic acids is 2. The summed E-state index contributed by atoms with van der Waals surface area (Å²) in [6.07, 6.45) is 0.172. The summed E-state index contributed by atoms with van der Waals surface area (Å²) in [5, 5.41) is 5.96. The van der Waals surface area contributed by atoms with Crippen LogP contribution in [0.2, 0.25) is 5.02 Å². The third kappa shape index (κ3) is 5.71. The van der Waals surface area contributed by atoms with Crippen molar-refractivity contribution in [2.45, 2.75) is 6.42 Å². The molecule has 0 atom stereocenters. The number of halogens is 2. The van der Waals surface area contributed by atoms with Crippen molar-refractivity contribution < 1.29 is 14.0 Å². The quantitative estimate of drug-likeness (QED) is 0.798. The molecule has 0 bridgehead atoms. The summed E-state index contributed by atoms with van der Waals surface area (Å²) in [5.41, 5.74) is 1.24. The molecular weight excluding hydrogens is 319 g/mol. The number of benzene rings is 2. The molecule has 2 aromatic rings. The Bertz CT molecular complexity index is 672. The van der Waals surface area contributed by atoms with E-state index in [0.717, 1.165) is 5.56 Å². The Kier molecular flexibility index (Phi) is 6.11. The second-order valence-corrected chi connectivity index (χ2v) is 5.35. The zero-order chi connectivity index (χ0) is 16.7. The molecule has 0 saturated heterocycles. The van der Waals surface area contributed by atoms with Gasteiger partial charge in [-0.05, 0) is 42.0 Å². The highest BCUT2D eigenvalue weighted by atomic mass is 35.5. The topological polar surface area (TPSA) is 58.2 Å². The van der Waals surface area contributed by atoms with Crippen LogP contribution < -0.4 is 10.6 Å². The number of rotatable bonds is 6. The second-order valence-electron chi connectivity index (χ2n) is 4.92. The number of nitrogens with one attached hydrogen (secondary N) is 2. The number of hydrogen-bond donors (Lipinski definition) is 2. The van der Waals surface area contributed by atoms with Crippen LogP contribution in [-0.4, -0.2) is 24.9 Å². The minimum absolute atomic E-state index is 0.172. The molecule has 23 heavy (non-hydrogen) atoms. The molecule has 2 N–H and O–H groups in total. The molecule has 0 fully saturated rings. The third-order valence-corrected chi connectivity index (χ3v) is 3.37. The Labute approximate surface area is 138 Å². The summed E-state index contributed by atoms with van der Waals surface area (Å²) < 4.78 is 12.8. The van der Waals surface area contributed by atoms with E-state index in [-0.39, 0.29) is 24.1 Å². The Morgan fingerprint density at radius 1 is 0.913 bits per heavy atom. The Morgan fingerprint density at radius 3 is 2.17 bits per heavy atom. The summed E-state index contributed by atoms with van der Waals surface area (Å²) in [6, 6.07) is 12.3. The SMILES string of the molecule is O=C(Cc1ccc(F)cc1)NCCNC(=O)c1ccc(Cl)cc1. The fourth-order valence-electron chi connectivity index (χ4n) is 1.93. The molecule has 2 rings (SSSR count). The lowest BCUT2D eigenvalue weighted by atomic mass is 10.1. The van der Waals surface area contributed by atoms with E-state index in [4.69, 9.17) is 11.6 Å². The van der Waals surface area contributed by atoms with Crippen LogP contribution in [0.15, 0.2) is 48.5 Å². The molecule has 0 aliphatic rings. The van der Waals surface area contributed by atoms with E-state index in [9.17, 15) is 14.0 Å². The van der Waals surface area contributed by atoms with Crippen LogP contribution >= 0.6 is 11.6 Å². The summed E-state index contributed by atoms with van der Waals surface area (Å²) in [6.45, 7) is 0.635. The molecule has 0 aliphatic heterocycles. The van der Waals surface area contributed by atoms with Crippen LogP contribution in [0.4, 0.5) is 4.39 Å². The van der Waals surface area contributed by atoms with Gasteiger partial charge in [0.2, 0.25) is 5.91 Å². The van der Waals surface area contributed by atoms with Crippen molar-refractivity contribution in [1.29, 1.82) is 0 Å². The van der Waals surface area contributed by atoms with E-state index >= 15 is 0 Å². The van der Waals surface area contributed by atoms with Crippen LogP contribution in [-0.2, 0) is 11.2 Å². The normalized spacial score (nSPS) is 10.2. The minimum Gasteiger partial charge on any atom is -0.354 e. The first-order valence-corrected chi connectivity index (χ1v) is 7.47. The average molecular weight is 335 g/mol. The highest BCUT2D eigenvalue weighted by Crippen LogP contribution is 2.09. The summed E-state index contributed by atoms with van der Waals surface area (Å²) in [4.78, 5) is 23.5. The van der Waals surface area contributed by atoms with Crippen LogP contribution in [0, 0.1) is 5.82 Å². The smallest absolute Gasteiger partial charge is 0.251 e. The van der Waals surface area contributed by atoms with Crippen LogP contribution in [0.5, 0.6) is 0 Å². The van der Waals surface area contributed by atoms with E-state index in [2.05, 4.69) is 10.6 Å². The fraction of sp³-hybridized carbons (Fsp3) is 0.176. The van der Waals surface area contributed by atoms with E-state index in [0.29, 0.717) is 23.7 Å². The second kappa shape index (κ2) is 8.29. The third-order valence-electron chi connectivity index (χ3n) is 3.12. The van der Waals surface area contributed by atoms with Crippen LogP contribution in [0.1, 0.15) is 15.9 Å². The van der Waals surface area contributed by atoms with Gasteiger partial charge in [-0.3, -0.25) is 9.59 Å². The van der Waals surface area contributed by atoms with Crippen molar-refractivity contribution >= 4 is 23.4 Å². The van der Waals surface area contributed by atoms with Gasteiger partial charge in [0.15, 0.2) is 0 Å². The Balaban J connectivity index is 1.68. The lowest BCUT2D eigenvalue weighted by Gasteiger charge is -2.07. The van der Waals surface area contributed by atoms with Gasteiger partial charge in [0.05, 0.1) is 6.42 Å². The molecule has 0 unspecified atom stereocenters. The van der Waals surface area contributed by atoms with E-state index < -0.39 is 0 Å². The standard InChI is InChI=1S/C17H16ClFN2O2/c18-14-5-3-13(4-6-14)17(23)21-10-9-20-16(22)11-12-1-7-15(19)8-2-12/h1-8H,9-11H2,(H,20,22)(H,21,23). The molecule has 0 aromatic heterocycles. The monoisotopic (exact) mass is 334 g/mol. The molecule has 0 aliphatic carbocycles. The molecule has 2 amide bonds. The van der Waals surface area contributed by atoms with Crippen molar-refractivity contribution in [2.24, 2.45) is 0 Å². The minimum atomic E-state index is -0.334. The van der Waals surface area contributed by atoms with Gasteiger partial charge in [-0.15, -0.1) is 0 Å². The lowest BCUT2D eigenvalue weighted by Crippen LogP contribution is -2.35. The maximum absolute atomic E-state index is 12.8. The number of amides is 2. The summed E-state index contributed by atoms with van der Waals surface area (Å²) in [5.74, 6) is -0.745. The predicted molar refractivity (Wildman–Crippen MR) is 86.9 cm³/mol. The van der Waals surface area contributed by atoms with E-state index in [1.807, 2.05) is 0 Å². The predicted octanol–water partition coefficient (Wildman–Crippen LogP) is 2.57. The Morgan fingerprint density at radius 2 is 1.52 bits per heavy atom. The van der Waals surface area contributed by atoms with Crippen molar-refractivity contribution in [2.75, 3.05) is 13.1 Å².